The van der Waals surface area contributed by atoms with Crippen molar-refractivity contribution in [2.45, 2.75) is 39.2 Å². The third-order valence-electron chi connectivity index (χ3n) is 5.86. The van der Waals surface area contributed by atoms with Gasteiger partial charge in [-0.3, -0.25) is 19.3 Å². The molecule has 0 saturated carbocycles. The predicted molar refractivity (Wildman–Crippen MR) is 126 cm³/mol. The lowest BCUT2D eigenvalue weighted by atomic mass is 9.87. The summed E-state index contributed by atoms with van der Waals surface area (Å²) >= 11 is 0. The van der Waals surface area contributed by atoms with Gasteiger partial charge in [0, 0.05) is 25.3 Å². The number of carbonyl (C=O) groups is 3. The fourth-order valence-electron chi connectivity index (χ4n) is 4.13. The van der Waals surface area contributed by atoms with E-state index >= 15 is 0 Å². The van der Waals surface area contributed by atoms with E-state index in [1.54, 1.807) is 24.3 Å². The third-order valence-corrected chi connectivity index (χ3v) is 5.86. The van der Waals surface area contributed by atoms with E-state index in [4.69, 9.17) is 0 Å². The van der Waals surface area contributed by atoms with Crippen LogP contribution in [-0.4, -0.2) is 54.2 Å². The van der Waals surface area contributed by atoms with E-state index in [-0.39, 0.29) is 36.9 Å². The molecule has 32 heavy (non-hydrogen) atoms. The lowest BCUT2D eigenvalue weighted by Crippen LogP contribution is -2.43. The van der Waals surface area contributed by atoms with Crippen LogP contribution in [0.25, 0.3) is 0 Å². The molecule has 1 aliphatic carbocycles. The van der Waals surface area contributed by atoms with Crippen LogP contribution in [-0.2, 0) is 20.8 Å². The van der Waals surface area contributed by atoms with Crippen LogP contribution in [0.15, 0.2) is 48.5 Å². The van der Waals surface area contributed by atoms with Crippen LogP contribution < -0.4 is 10.6 Å². The van der Waals surface area contributed by atoms with Crippen molar-refractivity contribution in [2.75, 3.05) is 37.3 Å². The first kappa shape index (κ1) is 23.5. The Hall–Kier alpha value is -3.19. The first-order valence-corrected chi connectivity index (χ1v) is 11.1. The van der Waals surface area contributed by atoms with Crippen LogP contribution in [0.3, 0.4) is 0 Å². The van der Waals surface area contributed by atoms with Gasteiger partial charge in [-0.05, 0) is 61.2 Å². The van der Waals surface area contributed by atoms with Crippen LogP contribution in [0.5, 0.6) is 0 Å². The molecule has 0 aliphatic heterocycles. The van der Waals surface area contributed by atoms with Crippen molar-refractivity contribution in [1.29, 1.82) is 0 Å². The highest BCUT2D eigenvalue weighted by molar-refractivity contribution is 5.93. The van der Waals surface area contributed by atoms with Gasteiger partial charge in [-0.15, -0.1) is 0 Å². The van der Waals surface area contributed by atoms with Crippen LogP contribution in [0.1, 0.15) is 43.9 Å². The maximum Gasteiger partial charge on any atom is 0.238 e. The summed E-state index contributed by atoms with van der Waals surface area (Å²) in [5.41, 5.74) is 3.86. The fourth-order valence-corrected chi connectivity index (χ4v) is 4.13. The molecule has 0 aromatic heterocycles. The average Bonchev–Trinajstić information content (AvgIpc) is 2.78. The van der Waals surface area contributed by atoms with Crippen molar-refractivity contribution in [3.05, 3.63) is 59.7 Å². The van der Waals surface area contributed by atoms with E-state index in [9.17, 15) is 14.4 Å². The van der Waals surface area contributed by atoms with E-state index in [2.05, 4.69) is 22.8 Å². The Bertz CT molecular complexity index is 958. The molecule has 3 rings (SSSR count). The monoisotopic (exact) mass is 436 g/mol. The van der Waals surface area contributed by atoms with Crippen LogP contribution in [0.4, 0.5) is 11.4 Å². The number of anilines is 2. The average molecular weight is 437 g/mol. The summed E-state index contributed by atoms with van der Waals surface area (Å²) in [6.07, 6.45) is 3.09. The molecule has 1 aliphatic rings. The van der Waals surface area contributed by atoms with Gasteiger partial charge in [-0.2, -0.15) is 0 Å². The Kier molecular flexibility index (Phi) is 8.00. The van der Waals surface area contributed by atoms with E-state index in [0.717, 1.165) is 19.3 Å². The molecule has 0 radical (unpaired) electrons. The maximum atomic E-state index is 13.0. The van der Waals surface area contributed by atoms with E-state index in [1.165, 1.54) is 18.1 Å². The molecular weight excluding hydrogens is 404 g/mol. The standard InChI is InChI=1S/C25H32N4O3/c1-4-29(16-24(31)27-21-14-12-20(13-15-21)26-18(2)30)17-25(32)28(3)23-11-7-9-19-8-5-6-10-22(19)23/h5-6,8,10,12-15,23H,4,7,9,11,16-17H2,1-3H3,(H,26,30)(H,27,31). The summed E-state index contributed by atoms with van der Waals surface area (Å²) in [5, 5.41) is 5.54. The number of nitrogens with one attached hydrogen (secondary N) is 2. The van der Waals surface area contributed by atoms with Gasteiger partial charge in [0.15, 0.2) is 0 Å². The number of nitrogens with zero attached hydrogens (tertiary/aromatic N) is 2. The second kappa shape index (κ2) is 10.9. The molecule has 2 aromatic carbocycles. The smallest absolute Gasteiger partial charge is 0.238 e. The van der Waals surface area contributed by atoms with Gasteiger partial charge in [-0.25, -0.2) is 0 Å². The van der Waals surface area contributed by atoms with Gasteiger partial charge in [0.1, 0.15) is 0 Å². The Balaban J connectivity index is 1.55. The molecule has 7 nitrogen and oxygen atoms in total. The van der Waals surface area contributed by atoms with Gasteiger partial charge >= 0.3 is 0 Å². The minimum Gasteiger partial charge on any atom is -0.338 e. The molecule has 170 valence electrons. The summed E-state index contributed by atoms with van der Waals surface area (Å²) in [4.78, 5) is 40.3. The van der Waals surface area contributed by atoms with E-state index in [1.807, 2.05) is 35.9 Å². The number of hydrogen-bond acceptors (Lipinski definition) is 4. The number of likely N-dealkylation sites (N-methyl/N-ethyl adjacent to an activating group) is 2. The molecule has 0 heterocycles. The van der Waals surface area contributed by atoms with Gasteiger partial charge in [-0.1, -0.05) is 31.2 Å². The Morgan fingerprint density at radius 3 is 2.28 bits per heavy atom. The van der Waals surface area contributed by atoms with Crippen LogP contribution in [0, 0.1) is 0 Å². The Labute approximate surface area is 189 Å². The lowest BCUT2D eigenvalue weighted by molar-refractivity contribution is -0.134. The number of benzene rings is 2. The third kappa shape index (κ3) is 6.17. The highest BCUT2D eigenvalue weighted by Gasteiger charge is 2.27. The zero-order chi connectivity index (χ0) is 23.1. The number of fused-ring (bicyclic) bond motifs is 1. The van der Waals surface area contributed by atoms with E-state index in [0.29, 0.717) is 17.9 Å². The molecule has 0 spiro atoms. The number of hydrogen-bond donors (Lipinski definition) is 2. The largest absolute Gasteiger partial charge is 0.338 e. The SMILES string of the molecule is CCN(CC(=O)Nc1ccc(NC(C)=O)cc1)CC(=O)N(C)C1CCCc2ccccc21. The molecule has 1 atom stereocenters. The fraction of sp³-hybridized carbons (Fsp3) is 0.400. The predicted octanol–water partition coefficient (Wildman–Crippen LogP) is 3.44. The molecular formula is C25H32N4O3. The highest BCUT2D eigenvalue weighted by Crippen LogP contribution is 2.33. The first-order chi connectivity index (χ1) is 15.4. The van der Waals surface area contributed by atoms with Crippen molar-refractivity contribution in [3.8, 4) is 0 Å². The lowest BCUT2D eigenvalue weighted by Gasteiger charge is -2.34. The van der Waals surface area contributed by atoms with Gasteiger partial charge in [0.25, 0.3) is 0 Å². The summed E-state index contributed by atoms with van der Waals surface area (Å²) in [6, 6.07) is 15.4. The number of rotatable bonds is 8. The second-order valence-corrected chi connectivity index (χ2v) is 8.22. The van der Waals surface area contributed by atoms with Crippen LogP contribution >= 0.6 is 0 Å². The highest BCUT2D eigenvalue weighted by atomic mass is 16.2. The normalized spacial score (nSPS) is 15.1. The van der Waals surface area contributed by atoms with Crippen molar-refractivity contribution in [3.63, 3.8) is 0 Å². The van der Waals surface area contributed by atoms with Crippen LogP contribution in [0.2, 0.25) is 0 Å². The number of aryl methyl sites for hydroxylation is 1. The number of carbonyl (C=O) groups excluding carboxylic acids is 3. The summed E-state index contributed by atoms with van der Waals surface area (Å²) in [7, 11) is 1.86. The zero-order valence-electron chi connectivity index (χ0n) is 19.1. The molecule has 2 aromatic rings. The molecule has 7 heteroatoms. The minimum atomic E-state index is -0.183. The zero-order valence-corrected chi connectivity index (χ0v) is 19.1. The minimum absolute atomic E-state index is 0.0148. The number of amides is 3. The van der Waals surface area contributed by atoms with Gasteiger partial charge in [0.2, 0.25) is 17.7 Å². The van der Waals surface area contributed by atoms with Crippen molar-refractivity contribution in [1.82, 2.24) is 9.80 Å². The summed E-state index contributed by atoms with van der Waals surface area (Å²) < 4.78 is 0. The van der Waals surface area contributed by atoms with Gasteiger partial charge < -0.3 is 15.5 Å². The molecule has 1 unspecified atom stereocenters. The molecule has 0 bridgehead atoms. The summed E-state index contributed by atoms with van der Waals surface area (Å²) in [6.45, 7) is 4.31. The maximum absolute atomic E-state index is 13.0. The summed E-state index contributed by atoms with van der Waals surface area (Å²) in [5.74, 6) is -0.315. The Morgan fingerprint density at radius 1 is 0.969 bits per heavy atom. The molecule has 0 fully saturated rings. The Morgan fingerprint density at radius 2 is 1.62 bits per heavy atom. The molecule has 3 amide bonds. The van der Waals surface area contributed by atoms with Gasteiger partial charge in [0.05, 0.1) is 19.1 Å². The topological polar surface area (TPSA) is 81.8 Å². The van der Waals surface area contributed by atoms with Crippen molar-refractivity contribution < 1.29 is 14.4 Å². The first-order valence-electron chi connectivity index (χ1n) is 11.1. The molecule has 2 N–H and O–H groups in total. The molecule has 0 saturated heterocycles. The van der Waals surface area contributed by atoms with Crippen molar-refractivity contribution >= 4 is 29.1 Å². The second-order valence-electron chi connectivity index (χ2n) is 8.22. The quantitative estimate of drug-likeness (QED) is 0.664. The van der Waals surface area contributed by atoms with E-state index < -0.39 is 0 Å². The van der Waals surface area contributed by atoms with Crippen molar-refractivity contribution in [2.24, 2.45) is 0 Å².